The molecule has 0 aliphatic rings. The number of nitriles is 1. The van der Waals surface area contributed by atoms with Gasteiger partial charge in [0.1, 0.15) is 11.6 Å². The van der Waals surface area contributed by atoms with Crippen LogP contribution >= 0.6 is 23.2 Å². The smallest absolute Gasteiger partial charge is 0.266 e. The number of rotatable bonds is 9. The number of amides is 2. The minimum Gasteiger partial charge on any atom is -0.490 e. The van der Waals surface area contributed by atoms with E-state index in [2.05, 4.69) is 10.6 Å². The Morgan fingerprint density at radius 3 is 2.37 bits per heavy atom. The predicted octanol–water partition coefficient (Wildman–Crippen LogP) is 5.96. The maximum absolute atomic E-state index is 12.6. The molecule has 0 aromatic heterocycles. The van der Waals surface area contributed by atoms with Gasteiger partial charge in [-0.2, -0.15) is 5.26 Å². The first-order valence-electron chi connectivity index (χ1n) is 10.5. The molecule has 0 aliphatic heterocycles. The Labute approximate surface area is 212 Å². The number of hydrogen-bond acceptors (Lipinski definition) is 5. The lowest BCUT2D eigenvalue weighted by Crippen LogP contribution is -2.20. The van der Waals surface area contributed by atoms with Crippen molar-refractivity contribution >= 4 is 52.5 Å². The summed E-state index contributed by atoms with van der Waals surface area (Å²) in [6, 6.07) is 20.6. The standard InChI is InChI=1S/C26H21Cl2N3O4/c1-2-34-23-14-17(12-18(15-29)26(33)31-22-11-7-6-10-20(22)27)13-21(28)25(23)35-16-24(32)30-19-8-4-3-5-9-19/h3-14H,2,16H2,1H3,(H,30,32)(H,31,33)/b18-12+. The predicted molar refractivity (Wildman–Crippen MR) is 137 cm³/mol. The van der Waals surface area contributed by atoms with Gasteiger partial charge in [0, 0.05) is 5.69 Å². The van der Waals surface area contributed by atoms with Crippen molar-refractivity contribution in [2.75, 3.05) is 23.8 Å². The minimum absolute atomic E-state index is 0.151. The van der Waals surface area contributed by atoms with E-state index in [1.54, 1.807) is 61.5 Å². The van der Waals surface area contributed by atoms with Crippen LogP contribution in [-0.4, -0.2) is 25.0 Å². The van der Waals surface area contributed by atoms with Crippen LogP contribution < -0.4 is 20.1 Å². The lowest BCUT2D eigenvalue weighted by atomic mass is 10.1. The normalized spacial score (nSPS) is 10.7. The second-order valence-corrected chi connectivity index (χ2v) is 7.88. The number of hydrogen-bond donors (Lipinski definition) is 2. The number of para-hydroxylation sites is 2. The summed E-state index contributed by atoms with van der Waals surface area (Å²) in [5, 5.41) is 15.3. The molecule has 3 aromatic carbocycles. The van der Waals surface area contributed by atoms with Crippen molar-refractivity contribution < 1.29 is 19.1 Å². The van der Waals surface area contributed by atoms with Crippen LogP contribution in [0.5, 0.6) is 11.5 Å². The van der Waals surface area contributed by atoms with Crippen LogP contribution in [0.4, 0.5) is 11.4 Å². The van der Waals surface area contributed by atoms with Gasteiger partial charge in [-0.3, -0.25) is 9.59 Å². The molecule has 0 unspecified atom stereocenters. The Morgan fingerprint density at radius 1 is 0.971 bits per heavy atom. The summed E-state index contributed by atoms with van der Waals surface area (Å²) in [5.41, 5.74) is 1.28. The molecule has 0 fully saturated rings. The van der Waals surface area contributed by atoms with Crippen LogP contribution in [0.15, 0.2) is 72.3 Å². The van der Waals surface area contributed by atoms with Gasteiger partial charge in [-0.25, -0.2) is 0 Å². The summed E-state index contributed by atoms with van der Waals surface area (Å²) in [4.78, 5) is 24.8. The molecule has 9 heteroatoms. The molecular weight excluding hydrogens is 489 g/mol. The third kappa shape index (κ3) is 7.24. The summed E-state index contributed by atoms with van der Waals surface area (Å²) >= 11 is 12.5. The van der Waals surface area contributed by atoms with Crippen molar-refractivity contribution in [2.45, 2.75) is 6.92 Å². The maximum Gasteiger partial charge on any atom is 0.266 e. The first-order valence-corrected chi connectivity index (χ1v) is 11.3. The van der Waals surface area contributed by atoms with Crippen LogP contribution in [0.1, 0.15) is 12.5 Å². The Hall–Kier alpha value is -3.99. The molecule has 0 bridgehead atoms. The molecule has 35 heavy (non-hydrogen) atoms. The van der Waals surface area contributed by atoms with Crippen LogP contribution in [0, 0.1) is 11.3 Å². The molecule has 0 saturated carbocycles. The van der Waals surface area contributed by atoms with Crippen molar-refractivity contribution in [3.63, 3.8) is 0 Å². The molecule has 0 heterocycles. The fraction of sp³-hybridized carbons (Fsp3) is 0.115. The van der Waals surface area contributed by atoms with E-state index < -0.39 is 5.91 Å². The van der Waals surface area contributed by atoms with Crippen molar-refractivity contribution in [3.05, 3.63) is 87.9 Å². The molecule has 0 atom stereocenters. The lowest BCUT2D eigenvalue weighted by Gasteiger charge is -2.14. The van der Waals surface area contributed by atoms with Gasteiger partial charge in [0.2, 0.25) is 0 Å². The Balaban J connectivity index is 1.78. The number of halogens is 2. The molecule has 7 nitrogen and oxygen atoms in total. The van der Waals surface area contributed by atoms with E-state index in [0.29, 0.717) is 28.6 Å². The van der Waals surface area contributed by atoms with Gasteiger partial charge in [-0.05, 0) is 55.0 Å². The van der Waals surface area contributed by atoms with Crippen molar-refractivity contribution in [3.8, 4) is 17.6 Å². The van der Waals surface area contributed by atoms with Gasteiger partial charge in [-0.15, -0.1) is 0 Å². The zero-order valence-corrected chi connectivity index (χ0v) is 20.2. The first kappa shape index (κ1) is 25.6. The van der Waals surface area contributed by atoms with E-state index in [1.165, 1.54) is 12.1 Å². The summed E-state index contributed by atoms with van der Waals surface area (Å²) in [7, 11) is 0. The highest BCUT2D eigenvalue weighted by Gasteiger charge is 2.16. The second kappa shape index (κ2) is 12.5. The number of carbonyl (C=O) groups is 2. The van der Waals surface area contributed by atoms with E-state index in [1.807, 2.05) is 12.1 Å². The topological polar surface area (TPSA) is 100 Å². The third-order valence-electron chi connectivity index (χ3n) is 4.53. The number of benzene rings is 3. The largest absolute Gasteiger partial charge is 0.490 e. The molecule has 178 valence electrons. The number of carbonyl (C=O) groups excluding carboxylic acids is 2. The Morgan fingerprint density at radius 2 is 1.69 bits per heavy atom. The van der Waals surface area contributed by atoms with Gasteiger partial charge in [0.05, 0.1) is 22.3 Å². The highest BCUT2D eigenvalue weighted by atomic mass is 35.5. The summed E-state index contributed by atoms with van der Waals surface area (Å²) < 4.78 is 11.3. The van der Waals surface area contributed by atoms with Crippen LogP contribution in [0.25, 0.3) is 6.08 Å². The molecule has 3 aromatic rings. The third-order valence-corrected chi connectivity index (χ3v) is 5.15. The highest BCUT2D eigenvalue weighted by molar-refractivity contribution is 6.34. The van der Waals surface area contributed by atoms with Crippen LogP contribution in [0.3, 0.4) is 0 Å². The molecule has 2 amide bonds. The maximum atomic E-state index is 12.6. The lowest BCUT2D eigenvalue weighted by molar-refractivity contribution is -0.118. The zero-order valence-electron chi connectivity index (χ0n) is 18.7. The Bertz CT molecular complexity index is 1290. The van der Waals surface area contributed by atoms with E-state index in [-0.39, 0.29) is 34.6 Å². The molecule has 0 radical (unpaired) electrons. The SMILES string of the molecule is CCOc1cc(/C=C(\C#N)C(=O)Nc2ccccc2Cl)cc(Cl)c1OCC(=O)Nc1ccccc1. The van der Waals surface area contributed by atoms with Crippen molar-refractivity contribution in [2.24, 2.45) is 0 Å². The molecule has 3 rings (SSSR count). The number of nitrogens with zero attached hydrogens (tertiary/aromatic N) is 1. The molecular formula is C26H21Cl2N3O4. The van der Waals surface area contributed by atoms with Gasteiger partial charge < -0.3 is 20.1 Å². The van der Waals surface area contributed by atoms with E-state index in [0.717, 1.165) is 0 Å². The van der Waals surface area contributed by atoms with E-state index >= 15 is 0 Å². The quantitative estimate of drug-likeness (QED) is 0.274. The highest BCUT2D eigenvalue weighted by Crippen LogP contribution is 2.37. The minimum atomic E-state index is -0.632. The van der Waals surface area contributed by atoms with Crippen LogP contribution in [0.2, 0.25) is 10.0 Å². The van der Waals surface area contributed by atoms with Gasteiger partial charge in [-0.1, -0.05) is 53.5 Å². The van der Waals surface area contributed by atoms with E-state index in [4.69, 9.17) is 32.7 Å². The van der Waals surface area contributed by atoms with E-state index in [9.17, 15) is 14.9 Å². The fourth-order valence-corrected chi connectivity index (χ4v) is 3.45. The monoisotopic (exact) mass is 509 g/mol. The fourth-order valence-electron chi connectivity index (χ4n) is 3.00. The summed E-state index contributed by atoms with van der Waals surface area (Å²) in [5.74, 6) is -0.565. The molecule has 0 aliphatic carbocycles. The summed E-state index contributed by atoms with van der Waals surface area (Å²) in [6.45, 7) is 1.78. The summed E-state index contributed by atoms with van der Waals surface area (Å²) in [6.07, 6.45) is 1.37. The number of anilines is 2. The zero-order chi connectivity index (χ0) is 25.2. The number of nitrogens with one attached hydrogen (secondary N) is 2. The molecule has 0 spiro atoms. The average Bonchev–Trinajstić information content (AvgIpc) is 2.84. The van der Waals surface area contributed by atoms with Gasteiger partial charge in [0.15, 0.2) is 18.1 Å². The first-order chi connectivity index (χ1) is 16.9. The van der Waals surface area contributed by atoms with Crippen molar-refractivity contribution in [1.29, 1.82) is 5.26 Å². The Kier molecular flexibility index (Phi) is 9.13. The average molecular weight is 510 g/mol. The molecule has 0 saturated heterocycles. The second-order valence-electron chi connectivity index (χ2n) is 7.07. The van der Waals surface area contributed by atoms with Gasteiger partial charge in [0.25, 0.3) is 11.8 Å². The number of ether oxygens (including phenoxy) is 2. The van der Waals surface area contributed by atoms with Crippen LogP contribution in [-0.2, 0) is 9.59 Å². The van der Waals surface area contributed by atoms with Crippen molar-refractivity contribution in [1.82, 2.24) is 0 Å². The molecule has 2 N–H and O–H groups in total. The van der Waals surface area contributed by atoms with Gasteiger partial charge >= 0.3 is 0 Å².